The minimum absolute atomic E-state index is 0.100. The molecule has 0 unspecified atom stereocenters. The number of hydrogen-bond donors (Lipinski definition) is 2. The van der Waals surface area contributed by atoms with Crippen LogP contribution >= 0.6 is 15.9 Å². The number of amides is 1. The average Bonchev–Trinajstić information content (AvgIpc) is 2.49. The molecule has 0 saturated heterocycles. The van der Waals surface area contributed by atoms with Crippen LogP contribution in [0.25, 0.3) is 0 Å². The molecule has 0 atom stereocenters. The van der Waals surface area contributed by atoms with E-state index < -0.39 is 5.97 Å². The summed E-state index contributed by atoms with van der Waals surface area (Å²) in [6, 6.07) is 11.0. The molecule has 0 saturated carbocycles. The van der Waals surface area contributed by atoms with Crippen LogP contribution in [0.15, 0.2) is 46.9 Å². The van der Waals surface area contributed by atoms with Crippen LogP contribution in [0.4, 0.5) is 5.69 Å². The lowest BCUT2D eigenvalue weighted by atomic mass is 10.1. The molecule has 5 nitrogen and oxygen atoms in total. The predicted octanol–water partition coefficient (Wildman–Crippen LogP) is 3.41. The molecule has 0 fully saturated rings. The third-order valence-electron chi connectivity index (χ3n) is 2.81. The van der Waals surface area contributed by atoms with Crippen molar-refractivity contribution in [2.75, 3.05) is 12.4 Å². The Bertz CT molecular complexity index is 683. The van der Waals surface area contributed by atoms with E-state index in [0.717, 1.165) is 0 Å². The van der Waals surface area contributed by atoms with Crippen molar-refractivity contribution < 1.29 is 19.4 Å². The van der Waals surface area contributed by atoms with Crippen LogP contribution in [0.2, 0.25) is 0 Å². The van der Waals surface area contributed by atoms with Crippen molar-refractivity contribution in [3.63, 3.8) is 0 Å². The van der Waals surface area contributed by atoms with Crippen molar-refractivity contribution in [2.24, 2.45) is 0 Å². The van der Waals surface area contributed by atoms with E-state index in [4.69, 9.17) is 9.84 Å². The Balaban J connectivity index is 2.22. The molecule has 0 aliphatic carbocycles. The van der Waals surface area contributed by atoms with Crippen LogP contribution < -0.4 is 10.1 Å². The maximum absolute atomic E-state index is 12.1. The fourth-order valence-corrected chi connectivity index (χ4v) is 2.04. The van der Waals surface area contributed by atoms with Gasteiger partial charge in [-0.2, -0.15) is 0 Å². The van der Waals surface area contributed by atoms with E-state index in [1.807, 2.05) is 0 Å². The lowest BCUT2D eigenvalue weighted by Crippen LogP contribution is -2.12. The molecular formula is C15H12BrNO4. The van der Waals surface area contributed by atoms with Crippen LogP contribution in [0, 0.1) is 0 Å². The fourth-order valence-electron chi connectivity index (χ4n) is 1.69. The van der Waals surface area contributed by atoms with Gasteiger partial charge in [0.25, 0.3) is 5.91 Å². The van der Waals surface area contributed by atoms with Gasteiger partial charge in [-0.3, -0.25) is 4.79 Å². The third kappa shape index (κ3) is 3.61. The molecule has 0 aliphatic rings. The molecule has 0 spiro atoms. The van der Waals surface area contributed by atoms with E-state index in [1.54, 1.807) is 37.4 Å². The van der Waals surface area contributed by atoms with Crippen molar-refractivity contribution in [3.8, 4) is 5.75 Å². The molecule has 0 aliphatic heterocycles. The smallest absolute Gasteiger partial charge is 0.335 e. The number of carboxylic acids is 1. The van der Waals surface area contributed by atoms with Crippen LogP contribution in [0.1, 0.15) is 20.7 Å². The first-order valence-corrected chi connectivity index (χ1v) is 6.79. The second kappa shape index (κ2) is 6.41. The van der Waals surface area contributed by atoms with Gasteiger partial charge in [0.05, 0.1) is 18.4 Å². The molecule has 6 heteroatoms. The molecule has 0 heterocycles. The van der Waals surface area contributed by atoms with Crippen LogP contribution in [0.3, 0.4) is 0 Å². The van der Waals surface area contributed by atoms with E-state index in [0.29, 0.717) is 21.5 Å². The highest BCUT2D eigenvalue weighted by molar-refractivity contribution is 9.10. The summed E-state index contributed by atoms with van der Waals surface area (Å²) in [7, 11) is 1.55. The summed E-state index contributed by atoms with van der Waals surface area (Å²) in [4.78, 5) is 23.1. The number of aromatic carboxylic acids is 1. The summed E-state index contributed by atoms with van der Waals surface area (Å²) in [6.07, 6.45) is 0. The van der Waals surface area contributed by atoms with Gasteiger partial charge in [0.15, 0.2) is 0 Å². The zero-order valence-corrected chi connectivity index (χ0v) is 12.7. The largest absolute Gasteiger partial charge is 0.497 e. The van der Waals surface area contributed by atoms with Gasteiger partial charge in [-0.15, -0.1) is 0 Å². The Morgan fingerprint density at radius 2 is 1.71 bits per heavy atom. The Hall–Kier alpha value is -2.34. The Morgan fingerprint density at radius 1 is 1.10 bits per heavy atom. The average molecular weight is 350 g/mol. The number of rotatable bonds is 4. The van der Waals surface area contributed by atoms with Crippen molar-refractivity contribution in [2.45, 2.75) is 0 Å². The lowest BCUT2D eigenvalue weighted by molar-refractivity contribution is 0.0696. The van der Waals surface area contributed by atoms with Crippen LogP contribution in [-0.4, -0.2) is 24.1 Å². The van der Waals surface area contributed by atoms with Gasteiger partial charge in [0, 0.05) is 10.0 Å². The van der Waals surface area contributed by atoms with Gasteiger partial charge in [-0.1, -0.05) is 0 Å². The summed E-state index contributed by atoms with van der Waals surface area (Å²) in [6.45, 7) is 0. The fraction of sp³-hybridized carbons (Fsp3) is 0.0667. The lowest BCUT2D eigenvalue weighted by Gasteiger charge is -2.09. The molecule has 2 aromatic rings. The predicted molar refractivity (Wildman–Crippen MR) is 82.0 cm³/mol. The standard InChI is InChI=1S/C15H12BrNO4/c1-21-11-5-2-9(3-6-11)14(18)17-13-8-10(15(19)20)4-7-12(13)16/h2-8H,1H3,(H,17,18)(H,19,20). The highest BCUT2D eigenvalue weighted by atomic mass is 79.9. The minimum Gasteiger partial charge on any atom is -0.497 e. The molecule has 1 amide bonds. The Labute approximate surface area is 129 Å². The number of carbonyl (C=O) groups excluding carboxylic acids is 1. The van der Waals surface area contributed by atoms with Crippen molar-refractivity contribution in [1.82, 2.24) is 0 Å². The van der Waals surface area contributed by atoms with Gasteiger partial charge in [-0.25, -0.2) is 4.79 Å². The first kappa shape index (κ1) is 15.1. The quantitative estimate of drug-likeness (QED) is 0.886. The van der Waals surface area contributed by atoms with Crippen LogP contribution in [0.5, 0.6) is 5.75 Å². The van der Waals surface area contributed by atoms with Gasteiger partial charge in [0.2, 0.25) is 0 Å². The molecule has 0 radical (unpaired) electrons. The van der Waals surface area contributed by atoms with Gasteiger partial charge >= 0.3 is 5.97 Å². The van der Waals surface area contributed by atoms with Gasteiger partial charge < -0.3 is 15.2 Å². The Morgan fingerprint density at radius 3 is 2.29 bits per heavy atom. The van der Waals surface area contributed by atoms with E-state index >= 15 is 0 Å². The van der Waals surface area contributed by atoms with Crippen molar-refractivity contribution in [1.29, 1.82) is 0 Å². The number of halogens is 1. The summed E-state index contributed by atoms with van der Waals surface area (Å²) in [5, 5.41) is 11.6. The molecule has 2 rings (SSSR count). The third-order valence-corrected chi connectivity index (χ3v) is 3.51. The first-order chi connectivity index (χ1) is 10.0. The molecule has 2 N–H and O–H groups in total. The summed E-state index contributed by atoms with van der Waals surface area (Å²) in [5.74, 6) is -0.732. The number of ether oxygens (including phenoxy) is 1. The maximum Gasteiger partial charge on any atom is 0.335 e. The van der Waals surface area contributed by atoms with E-state index in [-0.39, 0.29) is 11.5 Å². The van der Waals surface area contributed by atoms with Gasteiger partial charge in [-0.05, 0) is 58.4 Å². The van der Waals surface area contributed by atoms with E-state index in [1.165, 1.54) is 12.1 Å². The zero-order valence-electron chi connectivity index (χ0n) is 11.1. The molecule has 108 valence electrons. The molecule has 0 aromatic heterocycles. The number of nitrogens with one attached hydrogen (secondary N) is 1. The van der Waals surface area contributed by atoms with Crippen LogP contribution in [-0.2, 0) is 0 Å². The SMILES string of the molecule is COc1ccc(C(=O)Nc2cc(C(=O)O)ccc2Br)cc1. The molecular weight excluding hydrogens is 338 g/mol. The Kier molecular flexibility index (Phi) is 4.59. The number of hydrogen-bond acceptors (Lipinski definition) is 3. The highest BCUT2D eigenvalue weighted by Gasteiger charge is 2.11. The van der Waals surface area contributed by atoms with Crippen molar-refractivity contribution in [3.05, 3.63) is 58.1 Å². The zero-order chi connectivity index (χ0) is 15.4. The number of methoxy groups -OCH3 is 1. The number of benzene rings is 2. The highest BCUT2D eigenvalue weighted by Crippen LogP contribution is 2.24. The van der Waals surface area contributed by atoms with Gasteiger partial charge in [0.1, 0.15) is 5.75 Å². The number of anilines is 1. The number of carboxylic acid groups (broad SMARTS) is 1. The monoisotopic (exact) mass is 349 g/mol. The van der Waals surface area contributed by atoms with E-state index in [9.17, 15) is 9.59 Å². The van der Waals surface area contributed by atoms with Crippen molar-refractivity contribution >= 4 is 33.5 Å². The summed E-state index contributed by atoms with van der Waals surface area (Å²) < 4.78 is 5.63. The molecule has 0 bridgehead atoms. The second-order valence-corrected chi connectivity index (χ2v) is 5.04. The summed E-state index contributed by atoms with van der Waals surface area (Å²) >= 11 is 3.28. The first-order valence-electron chi connectivity index (χ1n) is 5.99. The minimum atomic E-state index is -1.05. The second-order valence-electron chi connectivity index (χ2n) is 4.18. The maximum atomic E-state index is 12.1. The summed E-state index contributed by atoms with van der Waals surface area (Å²) in [5.41, 5.74) is 0.947. The topological polar surface area (TPSA) is 75.6 Å². The normalized spacial score (nSPS) is 10.0. The number of carbonyl (C=O) groups is 2. The van der Waals surface area contributed by atoms with E-state index in [2.05, 4.69) is 21.2 Å². The molecule has 21 heavy (non-hydrogen) atoms. The molecule has 2 aromatic carbocycles.